The summed E-state index contributed by atoms with van der Waals surface area (Å²) in [7, 11) is 0. The van der Waals surface area contributed by atoms with Gasteiger partial charge in [0.05, 0.1) is 18.4 Å². The molecule has 4 nitrogen and oxygen atoms in total. The number of aromatic nitrogens is 3. The molecule has 0 aliphatic rings. The lowest BCUT2D eigenvalue weighted by molar-refractivity contribution is 0.795. The number of hydrogen-bond donors (Lipinski definition) is 1. The Labute approximate surface area is 101 Å². The zero-order chi connectivity index (χ0) is 11.9. The molecule has 0 spiro atoms. The van der Waals surface area contributed by atoms with Crippen LogP contribution in [0.2, 0.25) is 0 Å². The van der Waals surface area contributed by atoms with E-state index in [9.17, 15) is 0 Å². The van der Waals surface area contributed by atoms with Gasteiger partial charge in [0.1, 0.15) is 5.69 Å². The van der Waals surface area contributed by atoms with Crippen molar-refractivity contribution in [3.05, 3.63) is 42.2 Å². The Morgan fingerprint density at radius 2 is 2.12 bits per heavy atom. The zero-order valence-electron chi connectivity index (χ0n) is 9.72. The molecule has 0 aliphatic heterocycles. The number of nitrogens with zero attached hydrogens (tertiary/aromatic N) is 3. The van der Waals surface area contributed by atoms with Gasteiger partial charge in [0, 0.05) is 0 Å². The van der Waals surface area contributed by atoms with Crippen LogP contribution in [0.4, 0.5) is 0 Å². The van der Waals surface area contributed by atoms with Crippen molar-refractivity contribution in [2.45, 2.75) is 6.92 Å². The number of para-hydroxylation sites is 1. The van der Waals surface area contributed by atoms with E-state index in [1.54, 1.807) is 10.9 Å². The van der Waals surface area contributed by atoms with Crippen LogP contribution in [0.5, 0.6) is 0 Å². The monoisotopic (exact) mass is 226 g/mol. The number of rotatable bonds is 3. The van der Waals surface area contributed by atoms with Gasteiger partial charge in [0.15, 0.2) is 0 Å². The summed E-state index contributed by atoms with van der Waals surface area (Å²) in [4.78, 5) is 0. The largest absolute Gasteiger partial charge is 0.306 e. The van der Waals surface area contributed by atoms with Crippen LogP contribution < -0.4 is 5.32 Å². The first kappa shape index (κ1) is 11.4. The van der Waals surface area contributed by atoms with E-state index in [-0.39, 0.29) is 0 Å². The molecular weight excluding hydrogens is 212 g/mol. The number of benzene rings is 1. The van der Waals surface area contributed by atoms with Crippen LogP contribution in [0.1, 0.15) is 12.6 Å². The van der Waals surface area contributed by atoms with Gasteiger partial charge in [-0.3, -0.25) is 0 Å². The van der Waals surface area contributed by atoms with Crippen LogP contribution in [-0.2, 0) is 0 Å². The van der Waals surface area contributed by atoms with Gasteiger partial charge in [-0.1, -0.05) is 36.3 Å². The highest BCUT2D eigenvalue weighted by Gasteiger charge is 2.01. The fourth-order valence-corrected chi connectivity index (χ4v) is 1.40. The fraction of sp³-hybridized carbons (Fsp3) is 0.231. The first-order valence-electron chi connectivity index (χ1n) is 5.57. The standard InChI is InChI=1S/C13H14N4/c1-2-14-10-6-9-13-11-15-16-17(13)12-7-4-3-5-8-12/h3-5,7-8,11,14H,2,10H2,1H3. The lowest BCUT2D eigenvalue weighted by Crippen LogP contribution is -2.12. The predicted molar refractivity (Wildman–Crippen MR) is 66.8 cm³/mol. The minimum absolute atomic E-state index is 0.677. The molecule has 0 unspecified atom stereocenters. The smallest absolute Gasteiger partial charge is 0.137 e. The summed E-state index contributed by atoms with van der Waals surface area (Å²) in [6.45, 7) is 3.65. The molecular formula is C13H14N4. The Morgan fingerprint density at radius 3 is 2.88 bits per heavy atom. The highest BCUT2D eigenvalue weighted by Crippen LogP contribution is 2.07. The van der Waals surface area contributed by atoms with E-state index in [1.807, 2.05) is 30.3 Å². The summed E-state index contributed by atoms with van der Waals surface area (Å²) in [5.41, 5.74) is 1.77. The molecule has 0 amide bonds. The molecule has 1 aromatic carbocycles. The Bertz CT molecular complexity index is 519. The van der Waals surface area contributed by atoms with Crippen LogP contribution in [0.15, 0.2) is 36.5 Å². The molecule has 0 fully saturated rings. The van der Waals surface area contributed by atoms with Crippen molar-refractivity contribution in [2.75, 3.05) is 13.1 Å². The van der Waals surface area contributed by atoms with E-state index < -0.39 is 0 Å². The van der Waals surface area contributed by atoms with E-state index in [0.717, 1.165) is 17.9 Å². The molecule has 0 bridgehead atoms. The molecule has 0 radical (unpaired) electrons. The Morgan fingerprint density at radius 1 is 1.29 bits per heavy atom. The number of nitrogens with one attached hydrogen (secondary N) is 1. The molecule has 1 heterocycles. The third-order valence-electron chi connectivity index (χ3n) is 2.23. The molecule has 2 aromatic rings. The second-order valence-electron chi connectivity index (χ2n) is 3.45. The van der Waals surface area contributed by atoms with Crippen molar-refractivity contribution < 1.29 is 0 Å². The highest BCUT2D eigenvalue weighted by atomic mass is 15.4. The summed E-state index contributed by atoms with van der Waals surface area (Å²) in [5, 5.41) is 11.1. The summed E-state index contributed by atoms with van der Waals surface area (Å²) >= 11 is 0. The van der Waals surface area contributed by atoms with Crippen molar-refractivity contribution in [3.8, 4) is 17.5 Å². The average molecular weight is 226 g/mol. The second kappa shape index (κ2) is 5.83. The van der Waals surface area contributed by atoms with E-state index >= 15 is 0 Å². The van der Waals surface area contributed by atoms with Gasteiger partial charge < -0.3 is 5.32 Å². The van der Waals surface area contributed by atoms with E-state index in [2.05, 4.69) is 34.4 Å². The lowest BCUT2D eigenvalue weighted by Gasteiger charge is -2.00. The van der Waals surface area contributed by atoms with Crippen LogP contribution in [0, 0.1) is 11.8 Å². The van der Waals surface area contributed by atoms with Gasteiger partial charge in [0.2, 0.25) is 0 Å². The topological polar surface area (TPSA) is 42.7 Å². The van der Waals surface area contributed by atoms with Crippen LogP contribution >= 0.6 is 0 Å². The number of hydrogen-bond acceptors (Lipinski definition) is 3. The quantitative estimate of drug-likeness (QED) is 0.632. The van der Waals surface area contributed by atoms with Gasteiger partial charge in [-0.25, -0.2) is 4.68 Å². The van der Waals surface area contributed by atoms with E-state index in [0.29, 0.717) is 6.54 Å². The van der Waals surface area contributed by atoms with E-state index in [1.165, 1.54) is 0 Å². The molecule has 0 aliphatic carbocycles. The first-order chi connectivity index (χ1) is 8.42. The average Bonchev–Trinajstić information content (AvgIpc) is 2.84. The molecule has 0 saturated heterocycles. The Kier molecular flexibility index (Phi) is 3.90. The third-order valence-corrected chi connectivity index (χ3v) is 2.23. The predicted octanol–water partition coefficient (Wildman–Crippen LogP) is 1.23. The summed E-state index contributed by atoms with van der Waals surface area (Å²) in [6, 6.07) is 9.85. The van der Waals surface area contributed by atoms with Gasteiger partial charge in [-0.2, -0.15) is 0 Å². The van der Waals surface area contributed by atoms with Crippen LogP contribution in [0.25, 0.3) is 5.69 Å². The minimum atomic E-state index is 0.677. The minimum Gasteiger partial charge on any atom is -0.306 e. The maximum absolute atomic E-state index is 4.03. The maximum atomic E-state index is 4.03. The maximum Gasteiger partial charge on any atom is 0.137 e. The molecule has 4 heteroatoms. The van der Waals surface area contributed by atoms with Gasteiger partial charge in [-0.05, 0) is 24.6 Å². The molecule has 86 valence electrons. The summed E-state index contributed by atoms with van der Waals surface area (Å²) in [5.74, 6) is 6.09. The molecule has 1 N–H and O–H groups in total. The van der Waals surface area contributed by atoms with Gasteiger partial charge in [0.25, 0.3) is 0 Å². The molecule has 17 heavy (non-hydrogen) atoms. The highest BCUT2D eigenvalue weighted by molar-refractivity contribution is 5.37. The van der Waals surface area contributed by atoms with Crippen molar-refractivity contribution in [2.24, 2.45) is 0 Å². The lowest BCUT2D eigenvalue weighted by atomic mass is 10.3. The van der Waals surface area contributed by atoms with Gasteiger partial charge in [-0.15, -0.1) is 5.10 Å². The zero-order valence-corrected chi connectivity index (χ0v) is 9.72. The Hall–Kier alpha value is -2.12. The van der Waals surface area contributed by atoms with Crippen molar-refractivity contribution in [3.63, 3.8) is 0 Å². The fourth-order valence-electron chi connectivity index (χ4n) is 1.40. The first-order valence-corrected chi connectivity index (χ1v) is 5.57. The third kappa shape index (κ3) is 2.92. The molecule has 0 atom stereocenters. The second-order valence-corrected chi connectivity index (χ2v) is 3.45. The van der Waals surface area contributed by atoms with Crippen molar-refractivity contribution in [1.29, 1.82) is 0 Å². The van der Waals surface area contributed by atoms with Gasteiger partial charge >= 0.3 is 0 Å². The summed E-state index contributed by atoms with van der Waals surface area (Å²) < 4.78 is 1.74. The molecule has 2 rings (SSSR count). The SMILES string of the molecule is CCNCC#Cc1cnnn1-c1ccccc1. The van der Waals surface area contributed by atoms with Crippen LogP contribution in [-0.4, -0.2) is 28.1 Å². The van der Waals surface area contributed by atoms with Crippen molar-refractivity contribution in [1.82, 2.24) is 20.3 Å². The Balaban J connectivity index is 2.20. The van der Waals surface area contributed by atoms with Crippen molar-refractivity contribution >= 4 is 0 Å². The molecule has 0 saturated carbocycles. The molecule has 1 aromatic heterocycles. The van der Waals surface area contributed by atoms with E-state index in [4.69, 9.17) is 0 Å². The normalized spacial score (nSPS) is 9.71. The summed E-state index contributed by atoms with van der Waals surface area (Å²) in [6.07, 6.45) is 1.67. The van der Waals surface area contributed by atoms with Crippen LogP contribution in [0.3, 0.4) is 0 Å².